The third-order valence-electron chi connectivity index (χ3n) is 2.64. The molecule has 6 heteroatoms. The summed E-state index contributed by atoms with van der Waals surface area (Å²) in [7, 11) is 0. The second kappa shape index (κ2) is 4.71. The zero-order valence-electron chi connectivity index (χ0n) is 8.97. The molecule has 2 aliphatic heterocycles. The zero-order valence-corrected chi connectivity index (χ0v) is 9.79. The van der Waals surface area contributed by atoms with Crippen molar-refractivity contribution in [2.75, 3.05) is 19.8 Å². The highest BCUT2D eigenvalue weighted by Crippen LogP contribution is 2.33. The topological polar surface area (TPSA) is 56.8 Å². The van der Waals surface area contributed by atoms with Crippen molar-refractivity contribution in [1.29, 1.82) is 0 Å². The van der Waals surface area contributed by atoms with E-state index < -0.39 is 0 Å². The number of benzene rings is 1. The molecule has 1 atom stereocenters. The number of carbonyl (C=O) groups is 1. The summed E-state index contributed by atoms with van der Waals surface area (Å²) in [5.41, 5.74) is 0.968. The van der Waals surface area contributed by atoms with Crippen molar-refractivity contribution in [3.8, 4) is 11.5 Å². The number of nitrogens with one attached hydrogen (secondary N) is 1. The first kappa shape index (κ1) is 11.9. The van der Waals surface area contributed by atoms with Crippen LogP contribution in [0, 0.1) is 0 Å². The summed E-state index contributed by atoms with van der Waals surface area (Å²) in [5.74, 6) is 1.48. The molecule has 0 radical (unpaired) electrons. The van der Waals surface area contributed by atoms with Gasteiger partial charge >= 0.3 is 6.09 Å². The Morgan fingerprint density at radius 3 is 2.59 bits per heavy atom. The van der Waals surface area contributed by atoms with Crippen LogP contribution in [0.3, 0.4) is 0 Å². The Kier molecular flexibility index (Phi) is 3.28. The Hall–Kier alpha value is -1.62. The third-order valence-corrected chi connectivity index (χ3v) is 2.64. The van der Waals surface area contributed by atoms with Crippen molar-refractivity contribution >= 4 is 18.5 Å². The molecule has 1 amide bonds. The Bertz CT molecular complexity index is 437. The van der Waals surface area contributed by atoms with Crippen LogP contribution in [0.15, 0.2) is 18.2 Å². The number of hydrogen-bond acceptors (Lipinski definition) is 4. The Balaban J connectivity index is 0.00000108. The third kappa shape index (κ3) is 2.24. The maximum atomic E-state index is 10.9. The molecule has 0 aliphatic carbocycles. The molecule has 0 unspecified atom stereocenters. The summed E-state index contributed by atoms with van der Waals surface area (Å²) < 4.78 is 15.7. The van der Waals surface area contributed by atoms with Gasteiger partial charge in [0.05, 0.1) is 6.04 Å². The molecule has 0 aromatic heterocycles. The normalized spacial score (nSPS) is 21.2. The molecule has 1 fully saturated rings. The SMILES string of the molecule is Cl.O=C1N[C@H](c2ccc3c(c2)OCCO3)CO1. The summed E-state index contributed by atoms with van der Waals surface area (Å²) in [6.07, 6.45) is -0.375. The van der Waals surface area contributed by atoms with Crippen LogP contribution < -0.4 is 14.8 Å². The van der Waals surface area contributed by atoms with Crippen LogP contribution in [0.1, 0.15) is 11.6 Å². The molecule has 0 spiro atoms. The summed E-state index contributed by atoms with van der Waals surface area (Å²) >= 11 is 0. The summed E-state index contributed by atoms with van der Waals surface area (Å²) in [5, 5.41) is 2.72. The van der Waals surface area contributed by atoms with Crippen molar-refractivity contribution in [2.45, 2.75) is 6.04 Å². The smallest absolute Gasteiger partial charge is 0.407 e. The Labute approximate surface area is 104 Å². The molecule has 1 aromatic carbocycles. The fourth-order valence-electron chi connectivity index (χ4n) is 1.84. The van der Waals surface area contributed by atoms with E-state index in [-0.39, 0.29) is 24.5 Å². The van der Waals surface area contributed by atoms with Crippen molar-refractivity contribution in [2.24, 2.45) is 0 Å². The van der Waals surface area contributed by atoms with Gasteiger partial charge in [-0.3, -0.25) is 0 Å². The largest absolute Gasteiger partial charge is 0.486 e. The van der Waals surface area contributed by atoms with Gasteiger partial charge < -0.3 is 19.5 Å². The van der Waals surface area contributed by atoms with E-state index in [9.17, 15) is 4.79 Å². The molecule has 2 heterocycles. The van der Waals surface area contributed by atoms with Gasteiger partial charge in [0.25, 0.3) is 0 Å². The van der Waals surface area contributed by atoms with Gasteiger partial charge in [0.15, 0.2) is 11.5 Å². The van der Waals surface area contributed by atoms with Crippen molar-refractivity contribution in [1.82, 2.24) is 5.32 Å². The average molecular weight is 258 g/mol. The fourth-order valence-corrected chi connectivity index (χ4v) is 1.84. The summed E-state index contributed by atoms with van der Waals surface area (Å²) in [6, 6.07) is 5.55. The highest BCUT2D eigenvalue weighted by Gasteiger charge is 2.25. The molecule has 1 saturated heterocycles. The van der Waals surface area contributed by atoms with E-state index in [2.05, 4.69) is 5.32 Å². The maximum absolute atomic E-state index is 10.9. The van der Waals surface area contributed by atoms with E-state index >= 15 is 0 Å². The van der Waals surface area contributed by atoms with Crippen molar-refractivity contribution < 1.29 is 19.0 Å². The first-order valence-electron chi connectivity index (χ1n) is 5.16. The van der Waals surface area contributed by atoms with Crippen LogP contribution in [0.4, 0.5) is 4.79 Å². The van der Waals surface area contributed by atoms with Gasteiger partial charge in [-0.15, -0.1) is 12.4 Å². The lowest BCUT2D eigenvalue weighted by Crippen LogP contribution is -2.19. The lowest BCUT2D eigenvalue weighted by Gasteiger charge is -2.19. The van der Waals surface area contributed by atoms with E-state index in [1.54, 1.807) is 0 Å². The van der Waals surface area contributed by atoms with Crippen LogP contribution in [0.5, 0.6) is 11.5 Å². The number of alkyl carbamates (subject to hydrolysis) is 1. The number of carbonyl (C=O) groups excluding carboxylic acids is 1. The lowest BCUT2D eigenvalue weighted by molar-refractivity contribution is 0.171. The Morgan fingerprint density at radius 1 is 1.12 bits per heavy atom. The molecule has 1 N–H and O–H groups in total. The van der Waals surface area contributed by atoms with Gasteiger partial charge in [-0.2, -0.15) is 0 Å². The summed E-state index contributed by atoms with van der Waals surface area (Å²) in [6.45, 7) is 1.50. The van der Waals surface area contributed by atoms with Crippen LogP contribution in [0.2, 0.25) is 0 Å². The molecule has 0 bridgehead atoms. The van der Waals surface area contributed by atoms with Gasteiger partial charge in [-0.25, -0.2) is 4.79 Å². The van der Waals surface area contributed by atoms with E-state index in [1.807, 2.05) is 18.2 Å². The second-order valence-corrected chi connectivity index (χ2v) is 3.70. The standard InChI is InChI=1S/C11H11NO4.ClH/c13-11-12-8(6-16-11)7-1-2-9-10(5-7)15-4-3-14-9;/h1-2,5,8H,3-4,6H2,(H,12,13);1H/t8-;/m0./s1. The van der Waals surface area contributed by atoms with Gasteiger partial charge in [0, 0.05) is 0 Å². The fraction of sp³-hybridized carbons (Fsp3) is 0.364. The second-order valence-electron chi connectivity index (χ2n) is 3.70. The number of amides is 1. The minimum atomic E-state index is -0.375. The molecular weight excluding hydrogens is 246 g/mol. The summed E-state index contributed by atoms with van der Waals surface area (Å²) in [4.78, 5) is 10.9. The van der Waals surface area contributed by atoms with E-state index in [4.69, 9.17) is 14.2 Å². The van der Waals surface area contributed by atoms with Gasteiger partial charge in [-0.05, 0) is 17.7 Å². The van der Waals surface area contributed by atoms with Crippen LogP contribution in [0.25, 0.3) is 0 Å². The molecule has 17 heavy (non-hydrogen) atoms. The minimum absolute atomic E-state index is 0. The molecule has 5 nitrogen and oxygen atoms in total. The Morgan fingerprint density at radius 2 is 1.88 bits per heavy atom. The van der Waals surface area contributed by atoms with Gasteiger partial charge in [0.1, 0.15) is 19.8 Å². The van der Waals surface area contributed by atoms with Crippen molar-refractivity contribution in [3.05, 3.63) is 23.8 Å². The first-order chi connectivity index (χ1) is 7.83. The number of hydrogen-bond donors (Lipinski definition) is 1. The number of ether oxygens (including phenoxy) is 3. The monoisotopic (exact) mass is 257 g/mol. The predicted octanol–water partition coefficient (Wildman–Crippen LogP) is 1.66. The number of halogens is 1. The predicted molar refractivity (Wildman–Crippen MR) is 61.9 cm³/mol. The average Bonchev–Trinajstić information content (AvgIpc) is 2.75. The highest BCUT2D eigenvalue weighted by atomic mass is 35.5. The number of rotatable bonds is 1. The van der Waals surface area contributed by atoms with Crippen LogP contribution >= 0.6 is 12.4 Å². The van der Waals surface area contributed by atoms with Crippen LogP contribution in [-0.2, 0) is 4.74 Å². The number of fused-ring (bicyclic) bond motifs is 1. The lowest BCUT2D eigenvalue weighted by atomic mass is 10.1. The van der Waals surface area contributed by atoms with Gasteiger partial charge in [0.2, 0.25) is 0 Å². The zero-order chi connectivity index (χ0) is 11.0. The highest BCUT2D eigenvalue weighted by molar-refractivity contribution is 5.85. The first-order valence-corrected chi connectivity index (χ1v) is 5.16. The maximum Gasteiger partial charge on any atom is 0.407 e. The minimum Gasteiger partial charge on any atom is -0.486 e. The molecule has 0 saturated carbocycles. The van der Waals surface area contributed by atoms with E-state index in [0.29, 0.717) is 19.8 Å². The van der Waals surface area contributed by atoms with Gasteiger partial charge in [-0.1, -0.05) is 6.07 Å². The molecular formula is C11H12ClNO4. The number of cyclic esters (lactones) is 1. The quantitative estimate of drug-likeness (QED) is 0.831. The van der Waals surface area contributed by atoms with Crippen molar-refractivity contribution in [3.63, 3.8) is 0 Å². The molecule has 3 rings (SSSR count). The van der Waals surface area contributed by atoms with E-state index in [1.165, 1.54) is 0 Å². The molecule has 1 aromatic rings. The van der Waals surface area contributed by atoms with Crippen LogP contribution in [-0.4, -0.2) is 25.9 Å². The van der Waals surface area contributed by atoms with E-state index in [0.717, 1.165) is 17.1 Å². The molecule has 2 aliphatic rings. The molecule has 92 valence electrons.